The summed E-state index contributed by atoms with van der Waals surface area (Å²) in [5.41, 5.74) is 1.02. The van der Waals surface area contributed by atoms with Gasteiger partial charge in [-0.05, 0) is 12.1 Å². The molecule has 1 aromatic carbocycles. The maximum absolute atomic E-state index is 12.7. The Labute approximate surface area is 130 Å². The molecular weight excluding hydrogens is 366 g/mol. The Morgan fingerprint density at radius 2 is 2.15 bits per heavy atom. The summed E-state index contributed by atoms with van der Waals surface area (Å²) >= 11 is 4.29. The highest BCUT2D eigenvalue weighted by Crippen LogP contribution is 2.38. The Balaban J connectivity index is 2.38. The molecule has 1 heterocycles. The first-order chi connectivity index (χ1) is 9.61. The number of rotatable bonds is 7. The van der Waals surface area contributed by atoms with Crippen molar-refractivity contribution in [2.45, 2.75) is 4.90 Å². The highest BCUT2D eigenvalue weighted by atomic mass is 79.9. The second-order valence-electron chi connectivity index (χ2n) is 3.97. The van der Waals surface area contributed by atoms with Crippen molar-refractivity contribution in [1.82, 2.24) is 4.31 Å². The van der Waals surface area contributed by atoms with Crippen LogP contribution in [-0.2, 0) is 26.1 Å². The summed E-state index contributed by atoms with van der Waals surface area (Å²) in [6, 6.07) is 4.99. The van der Waals surface area contributed by atoms with E-state index in [2.05, 4.69) is 24.7 Å². The van der Waals surface area contributed by atoms with Crippen molar-refractivity contribution in [3.8, 4) is 0 Å². The maximum Gasteiger partial charge on any atom is 0.245 e. The van der Waals surface area contributed by atoms with Crippen LogP contribution in [0.1, 0.15) is 0 Å². The zero-order chi connectivity index (χ0) is 14.6. The molecule has 0 amide bonds. The minimum absolute atomic E-state index is 0.195. The van der Waals surface area contributed by atoms with E-state index in [1.807, 2.05) is 0 Å². The Morgan fingerprint density at radius 1 is 1.35 bits per heavy atom. The van der Waals surface area contributed by atoms with Crippen LogP contribution >= 0.6 is 15.9 Å². The number of methoxy groups -OCH3 is 1. The number of ether oxygens (including phenoxy) is 1. The van der Waals surface area contributed by atoms with Crippen molar-refractivity contribution in [2.24, 2.45) is 8.73 Å². The van der Waals surface area contributed by atoms with Crippen LogP contribution in [0.15, 0.2) is 31.8 Å². The predicted molar refractivity (Wildman–Crippen MR) is 82.4 cm³/mol. The van der Waals surface area contributed by atoms with Crippen LogP contribution < -0.4 is 0 Å². The van der Waals surface area contributed by atoms with E-state index in [1.165, 1.54) is 4.31 Å². The van der Waals surface area contributed by atoms with Gasteiger partial charge in [0.15, 0.2) is 0 Å². The number of alkyl halides is 1. The average Bonchev–Trinajstić information content (AvgIpc) is 2.91. The van der Waals surface area contributed by atoms with Crippen molar-refractivity contribution in [3.05, 3.63) is 18.2 Å². The molecule has 1 aromatic rings. The van der Waals surface area contributed by atoms with Gasteiger partial charge in [-0.2, -0.15) is 13.0 Å². The number of hydrogen-bond donors (Lipinski definition) is 0. The number of halogens is 1. The van der Waals surface area contributed by atoms with Crippen LogP contribution in [0, 0.1) is 0 Å². The molecule has 1 aliphatic rings. The molecule has 0 atom stereocenters. The molecule has 110 valence electrons. The summed E-state index contributed by atoms with van der Waals surface area (Å²) in [5, 5.41) is 0.557. The van der Waals surface area contributed by atoms with Gasteiger partial charge in [0, 0.05) is 25.5 Å². The zero-order valence-electron chi connectivity index (χ0n) is 10.8. The first kappa shape index (κ1) is 15.8. The maximum atomic E-state index is 12.7. The fraction of sp³-hybridized carbons (Fsp3) is 0.455. The number of sulfonamides is 1. The van der Waals surface area contributed by atoms with Crippen LogP contribution in [0.25, 0.3) is 0 Å². The van der Waals surface area contributed by atoms with Crippen LogP contribution in [0.3, 0.4) is 0 Å². The van der Waals surface area contributed by atoms with E-state index in [1.54, 1.807) is 25.3 Å². The molecule has 0 saturated carbocycles. The van der Waals surface area contributed by atoms with Gasteiger partial charge in [-0.25, -0.2) is 8.42 Å². The molecule has 0 unspecified atom stereocenters. The van der Waals surface area contributed by atoms with Crippen LogP contribution in [0.4, 0.5) is 11.4 Å². The number of nitrogens with zero attached hydrogens (tertiary/aromatic N) is 3. The monoisotopic (exact) mass is 379 g/mol. The fourth-order valence-corrected chi connectivity index (χ4v) is 4.61. The molecule has 0 aliphatic carbocycles. The Hall–Kier alpha value is -0.610. The van der Waals surface area contributed by atoms with Crippen molar-refractivity contribution in [1.29, 1.82) is 0 Å². The molecule has 9 heteroatoms. The third kappa shape index (κ3) is 3.17. The summed E-state index contributed by atoms with van der Waals surface area (Å²) in [5.74, 6) is 0. The molecular formula is C11H14BrN3O3S2. The van der Waals surface area contributed by atoms with E-state index >= 15 is 0 Å². The van der Waals surface area contributed by atoms with Crippen LogP contribution in [0.2, 0.25) is 0 Å². The predicted octanol–water partition coefficient (Wildman–Crippen LogP) is 2.45. The van der Waals surface area contributed by atoms with Crippen molar-refractivity contribution >= 4 is 48.7 Å². The van der Waals surface area contributed by atoms with E-state index < -0.39 is 10.0 Å². The zero-order valence-corrected chi connectivity index (χ0v) is 14.0. The van der Waals surface area contributed by atoms with Crippen LogP contribution in [-0.4, -0.2) is 44.9 Å². The van der Waals surface area contributed by atoms with Gasteiger partial charge in [0.25, 0.3) is 0 Å². The van der Waals surface area contributed by atoms with E-state index in [0.29, 0.717) is 36.4 Å². The second kappa shape index (κ2) is 6.90. The lowest BCUT2D eigenvalue weighted by Crippen LogP contribution is -2.35. The first-order valence-electron chi connectivity index (χ1n) is 5.87. The number of hydrogen-bond acceptors (Lipinski definition) is 5. The fourth-order valence-electron chi connectivity index (χ4n) is 1.77. The van der Waals surface area contributed by atoms with Crippen molar-refractivity contribution in [3.63, 3.8) is 0 Å². The van der Waals surface area contributed by atoms with Gasteiger partial charge in [-0.3, -0.25) is 0 Å². The average molecular weight is 380 g/mol. The smallest absolute Gasteiger partial charge is 0.245 e. The second-order valence-corrected chi connectivity index (χ2v) is 7.20. The standard InChI is InChI=1S/C11H14BrN3O3S2/c1-18-8-7-15(6-5-12)20(16,17)10-4-2-3-9-11(10)14-19-13-9/h2-4H,5-8H2,1H3. The lowest BCUT2D eigenvalue weighted by atomic mass is 10.3. The highest BCUT2D eigenvalue weighted by molar-refractivity contribution is 9.09. The number of benzene rings is 1. The van der Waals surface area contributed by atoms with E-state index in [-0.39, 0.29) is 4.90 Å². The molecule has 0 saturated heterocycles. The topological polar surface area (TPSA) is 71.3 Å². The Bertz CT molecular complexity index is 657. The first-order valence-corrected chi connectivity index (χ1v) is 9.16. The van der Waals surface area contributed by atoms with Crippen molar-refractivity contribution < 1.29 is 13.2 Å². The van der Waals surface area contributed by atoms with Gasteiger partial charge >= 0.3 is 0 Å². The van der Waals surface area contributed by atoms with Gasteiger partial charge in [0.05, 0.1) is 18.0 Å². The summed E-state index contributed by atoms with van der Waals surface area (Å²) in [6.45, 7) is 1.02. The SMILES string of the molecule is COCCN(CCBr)S(=O)(=O)c1cccc2c1N=S=N2. The Kier molecular flexibility index (Phi) is 5.44. The molecule has 6 nitrogen and oxygen atoms in total. The summed E-state index contributed by atoms with van der Waals surface area (Å²) in [6.07, 6.45) is 0. The van der Waals surface area contributed by atoms with Gasteiger partial charge in [0.2, 0.25) is 10.0 Å². The molecule has 2 rings (SSSR count). The van der Waals surface area contributed by atoms with E-state index in [9.17, 15) is 8.42 Å². The summed E-state index contributed by atoms with van der Waals surface area (Å²) in [4.78, 5) is 0.195. The van der Waals surface area contributed by atoms with Gasteiger partial charge < -0.3 is 4.74 Å². The summed E-state index contributed by atoms with van der Waals surface area (Å²) < 4.78 is 40.0. The molecule has 0 bridgehead atoms. The van der Waals surface area contributed by atoms with Gasteiger partial charge in [-0.1, -0.05) is 22.0 Å². The third-order valence-corrected chi connectivity index (χ3v) is 5.57. The Morgan fingerprint density at radius 3 is 2.85 bits per heavy atom. The van der Waals surface area contributed by atoms with Crippen molar-refractivity contribution in [2.75, 3.05) is 32.1 Å². The quantitative estimate of drug-likeness (QED) is 0.693. The minimum atomic E-state index is -3.60. The van der Waals surface area contributed by atoms with Gasteiger partial charge in [0.1, 0.15) is 16.3 Å². The summed E-state index contributed by atoms with van der Waals surface area (Å²) in [7, 11) is -2.06. The molecule has 0 spiro atoms. The largest absolute Gasteiger partial charge is 0.383 e. The molecule has 1 aliphatic heterocycles. The molecule has 0 aromatic heterocycles. The third-order valence-electron chi connectivity index (χ3n) is 2.75. The molecule has 0 N–H and O–H groups in total. The van der Waals surface area contributed by atoms with Crippen LogP contribution in [0.5, 0.6) is 0 Å². The highest BCUT2D eigenvalue weighted by Gasteiger charge is 2.28. The molecule has 0 radical (unpaired) electrons. The van der Waals surface area contributed by atoms with E-state index in [4.69, 9.17) is 4.74 Å². The molecule has 20 heavy (non-hydrogen) atoms. The normalized spacial score (nSPS) is 13.6. The van der Waals surface area contributed by atoms with Gasteiger partial charge in [-0.15, -0.1) is 0 Å². The molecule has 0 fully saturated rings. The lowest BCUT2D eigenvalue weighted by Gasteiger charge is -2.21. The minimum Gasteiger partial charge on any atom is -0.383 e. The number of fused-ring (bicyclic) bond motifs is 1. The lowest BCUT2D eigenvalue weighted by molar-refractivity contribution is 0.181. The van der Waals surface area contributed by atoms with E-state index in [0.717, 1.165) is 11.4 Å².